The number of nitrogens with one attached hydrogen (secondary N) is 1. The molecule has 0 saturated heterocycles. The molecule has 4 nitrogen and oxygen atoms in total. The second kappa shape index (κ2) is 11.2. The molecular formula is C26H26Cl2N2O2. The van der Waals surface area contributed by atoms with E-state index in [1.54, 1.807) is 36.1 Å². The van der Waals surface area contributed by atoms with Crippen LogP contribution in [0.1, 0.15) is 29.2 Å². The monoisotopic (exact) mass is 468 g/mol. The maximum absolute atomic E-state index is 13.2. The lowest BCUT2D eigenvalue weighted by atomic mass is 10.1. The van der Waals surface area contributed by atoms with Crippen LogP contribution in [0.5, 0.6) is 0 Å². The molecule has 0 bridgehead atoms. The van der Waals surface area contributed by atoms with Gasteiger partial charge in [-0.3, -0.25) is 9.59 Å². The fourth-order valence-electron chi connectivity index (χ4n) is 3.29. The number of benzene rings is 3. The first-order valence-corrected chi connectivity index (χ1v) is 11.2. The van der Waals surface area contributed by atoms with Gasteiger partial charge in [0.2, 0.25) is 11.8 Å². The predicted octanol–water partition coefficient (Wildman–Crippen LogP) is 5.58. The minimum absolute atomic E-state index is 0.139. The third-order valence-electron chi connectivity index (χ3n) is 5.29. The predicted molar refractivity (Wildman–Crippen MR) is 130 cm³/mol. The highest BCUT2D eigenvalue weighted by Gasteiger charge is 2.26. The lowest BCUT2D eigenvalue weighted by Crippen LogP contribution is -2.47. The van der Waals surface area contributed by atoms with Gasteiger partial charge >= 0.3 is 0 Å². The number of amides is 2. The van der Waals surface area contributed by atoms with Gasteiger partial charge in [-0.2, -0.15) is 0 Å². The highest BCUT2D eigenvalue weighted by atomic mass is 35.5. The van der Waals surface area contributed by atoms with Gasteiger partial charge in [0.25, 0.3) is 0 Å². The van der Waals surface area contributed by atoms with Crippen LogP contribution in [0.25, 0.3) is 0 Å². The Morgan fingerprint density at radius 2 is 1.31 bits per heavy atom. The van der Waals surface area contributed by atoms with Gasteiger partial charge in [0.15, 0.2) is 0 Å². The van der Waals surface area contributed by atoms with E-state index < -0.39 is 6.04 Å². The SMILES string of the molecule is Cc1ccc(CNC(=O)C(C)N(Cc2ccc(Cl)cc2)C(=O)Cc2ccc(Cl)cc2)cc1. The van der Waals surface area contributed by atoms with E-state index >= 15 is 0 Å². The van der Waals surface area contributed by atoms with Crippen LogP contribution >= 0.6 is 23.2 Å². The zero-order valence-corrected chi connectivity index (χ0v) is 19.7. The van der Waals surface area contributed by atoms with Crippen LogP contribution in [0.3, 0.4) is 0 Å². The minimum atomic E-state index is -0.643. The number of carbonyl (C=O) groups excluding carboxylic acids is 2. The third-order valence-corrected chi connectivity index (χ3v) is 5.79. The Labute approximate surface area is 199 Å². The van der Waals surface area contributed by atoms with Gasteiger partial charge in [0.1, 0.15) is 6.04 Å². The summed E-state index contributed by atoms with van der Waals surface area (Å²) in [6.45, 7) is 4.48. The maximum Gasteiger partial charge on any atom is 0.242 e. The number of carbonyl (C=O) groups is 2. The molecule has 0 saturated carbocycles. The molecule has 32 heavy (non-hydrogen) atoms. The van der Waals surface area contributed by atoms with E-state index in [1.165, 1.54) is 0 Å². The fraction of sp³-hybridized carbons (Fsp3) is 0.231. The molecule has 3 aromatic rings. The summed E-state index contributed by atoms with van der Waals surface area (Å²) in [6.07, 6.45) is 0.181. The molecule has 2 amide bonds. The van der Waals surface area contributed by atoms with E-state index in [2.05, 4.69) is 5.32 Å². The van der Waals surface area contributed by atoms with Crippen LogP contribution in [0.4, 0.5) is 0 Å². The van der Waals surface area contributed by atoms with Crippen LogP contribution in [-0.4, -0.2) is 22.8 Å². The van der Waals surface area contributed by atoms with E-state index in [1.807, 2.05) is 55.5 Å². The van der Waals surface area contributed by atoms with E-state index in [-0.39, 0.29) is 18.2 Å². The van der Waals surface area contributed by atoms with Crippen molar-refractivity contribution >= 4 is 35.0 Å². The molecule has 0 aromatic heterocycles. The Morgan fingerprint density at radius 3 is 1.88 bits per heavy atom. The highest BCUT2D eigenvalue weighted by molar-refractivity contribution is 6.30. The summed E-state index contributed by atoms with van der Waals surface area (Å²) >= 11 is 12.0. The lowest BCUT2D eigenvalue weighted by molar-refractivity contribution is -0.140. The fourth-order valence-corrected chi connectivity index (χ4v) is 3.54. The van der Waals surface area contributed by atoms with E-state index in [0.29, 0.717) is 23.1 Å². The van der Waals surface area contributed by atoms with Crippen molar-refractivity contribution in [2.45, 2.75) is 39.4 Å². The first kappa shape index (κ1) is 23.8. The lowest BCUT2D eigenvalue weighted by Gasteiger charge is -2.29. The second-order valence-electron chi connectivity index (χ2n) is 7.83. The molecule has 3 aromatic carbocycles. The van der Waals surface area contributed by atoms with Crippen molar-refractivity contribution in [2.75, 3.05) is 0 Å². The quantitative estimate of drug-likeness (QED) is 0.469. The highest BCUT2D eigenvalue weighted by Crippen LogP contribution is 2.16. The van der Waals surface area contributed by atoms with Gasteiger partial charge in [-0.05, 0) is 54.8 Å². The van der Waals surface area contributed by atoms with Crippen LogP contribution in [-0.2, 0) is 29.1 Å². The standard InChI is InChI=1S/C26H26Cl2N2O2/c1-18-3-5-21(6-4-18)16-29-26(32)19(2)30(17-22-9-13-24(28)14-10-22)25(31)15-20-7-11-23(27)12-8-20/h3-14,19H,15-17H2,1-2H3,(H,29,32). The Morgan fingerprint density at radius 1 is 0.812 bits per heavy atom. The Balaban J connectivity index is 1.73. The van der Waals surface area contributed by atoms with Crippen LogP contribution in [0.2, 0.25) is 10.0 Å². The van der Waals surface area contributed by atoms with Gasteiger partial charge in [-0.1, -0.05) is 77.3 Å². The Bertz CT molecular complexity index is 1050. The van der Waals surface area contributed by atoms with Gasteiger partial charge in [0, 0.05) is 23.1 Å². The molecule has 1 N–H and O–H groups in total. The normalized spacial score (nSPS) is 11.6. The maximum atomic E-state index is 13.2. The average Bonchev–Trinajstić information content (AvgIpc) is 2.79. The van der Waals surface area contributed by atoms with E-state index in [4.69, 9.17) is 23.2 Å². The molecule has 6 heteroatoms. The summed E-state index contributed by atoms with van der Waals surface area (Å²) in [6, 6.07) is 21.8. The molecule has 3 rings (SSSR count). The molecule has 0 fully saturated rings. The van der Waals surface area contributed by atoms with Crippen molar-refractivity contribution in [3.8, 4) is 0 Å². The number of nitrogens with zero attached hydrogens (tertiary/aromatic N) is 1. The zero-order valence-electron chi connectivity index (χ0n) is 18.1. The smallest absolute Gasteiger partial charge is 0.242 e. The zero-order chi connectivity index (χ0) is 23.1. The van der Waals surface area contributed by atoms with Crippen molar-refractivity contribution < 1.29 is 9.59 Å². The van der Waals surface area contributed by atoms with Crippen LogP contribution < -0.4 is 5.32 Å². The molecule has 0 aliphatic rings. The average molecular weight is 469 g/mol. The van der Waals surface area contributed by atoms with Gasteiger partial charge in [0.05, 0.1) is 6.42 Å². The number of hydrogen-bond acceptors (Lipinski definition) is 2. The van der Waals surface area contributed by atoms with Crippen molar-refractivity contribution in [3.05, 3.63) is 105 Å². The summed E-state index contributed by atoms with van der Waals surface area (Å²) in [5.41, 5.74) is 3.91. The number of halogens is 2. The van der Waals surface area contributed by atoms with Crippen molar-refractivity contribution in [3.63, 3.8) is 0 Å². The summed E-state index contributed by atoms with van der Waals surface area (Å²) in [5, 5.41) is 4.18. The Hall–Kier alpha value is -2.82. The molecule has 0 aliphatic carbocycles. The van der Waals surface area contributed by atoms with Gasteiger partial charge in [-0.25, -0.2) is 0 Å². The first-order valence-electron chi connectivity index (χ1n) is 10.4. The van der Waals surface area contributed by atoms with Gasteiger partial charge < -0.3 is 10.2 Å². The van der Waals surface area contributed by atoms with Crippen LogP contribution in [0, 0.1) is 6.92 Å². The largest absolute Gasteiger partial charge is 0.350 e. The second-order valence-corrected chi connectivity index (χ2v) is 8.70. The number of hydrogen-bond donors (Lipinski definition) is 1. The van der Waals surface area contributed by atoms with Crippen molar-refractivity contribution in [1.29, 1.82) is 0 Å². The minimum Gasteiger partial charge on any atom is -0.350 e. The van der Waals surface area contributed by atoms with E-state index in [0.717, 1.165) is 22.3 Å². The molecular weight excluding hydrogens is 443 g/mol. The number of rotatable bonds is 8. The van der Waals surface area contributed by atoms with Crippen molar-refractivity contribution in [2.24, 2.45) is 0 Å². The topological polar surface area (TPSA) is 49.4 Å². The Kier molecular flexibility index (Phi) is 8.32. The summed E-state index contributed by atoms with van der Waals surface area (Å²) < 4.78 is 0. The molecule has 0 aliphatic heterocycles. The van der Waals surface area contributed by atoms with E-state index in [9.17, 15) is 9.59 Å². The molecule has 0 heterocycles. The summed E-state index contributed by atoms with van der Waals surface area (Å²) in [5.74, 6) is -0.343. The first-order chi connectivity index (χ1) is 15.3. The van der Waals surface area contributed by atoms with Crippen molar-refractivity contribution in [1.82, 2.24) is 10.2 Å². The number of aryl methyl sites for hydroxylation is 1. The molecule has 1 atom stereocenters. The summed E-state index contributed by atoms with van der Waals surface area (Å²) in [4.78, 5) is 27.7. The van der Waals surface area contributed by atoms with Crippen LogP contribution in [0.15, 0.2) is 72.8 Å². The molecule has 0 radical (unpaired) electrons. The molecule has 166 valence electrons. The third kappa shape index (κ3) is 6.84. The summed E-state index contributed by atoms with van der Waals surface area (Å²) in [7, 11) is 0. The molecule has 1 unspecified atom stereocenters. The molecule has 0 spiro atoms. The van der Waals surface area contributed by atoms with Gasteiger partial charge in [-0.15, -0.1) is 0 Å².